The van der Waals surface area contributed by atoms with Crippen molar-refractivity contribution in [2.75, 3.05) is 19.1 Å². The number of benzene rings is 2. The Kier molecular flexibility index (Phi) is 3.10. The Balaban J connectivity index is 2.32. The molecule has 21 heavy (non-hydrogen) atoms. The number of para-hydroxylation sites is 1. The number of methoxy groups -OCH3 is 1. The molecule has 0 radical (unpaired) electrons. The molecule has 0 spiro atoms. The highest BCUT2D eigenvalue weighted by atomic mass is 16.5. The Labute approximate surface area is 125 Å². The van der Waals surface area contributed by atoms with Gasteiger partial charge in [0.25, 0.3) is 5.91 Å². The number of ether oxygens (including phenoxy) is 1. The Morgan fingerprint density at radius 1 is 1.05 bits per heavy atom. The molecule has 2 aromatic carbocycles. The van der Waals surface area contributed by atoms with Crippen LogP contribution in [0.2, 0.25) is 0 Å². The summed E-state index contributed by atoms with van der Waals surface area (Å²) in [6, 6.07) is 14.0. The first-order chi connectivity index (χ1) is 10.0. The molecule has 1 aliphatic heterocycles. The second-order valence-electron chi connectivity index (χ2n) is 5.64. The van der Waals surface area contributed by atoms with Crippen molar-refractivity contribution in [2.45, 2.75) is 19.4 Å². The number of likely N-dealkylation sites (N-methyl/N-ethyl adjacent to an activating group) is 1. The van der Waals surface area contributed by atoms with Gasteiger partial charge in [0.15, 0.2) is 5.60 Å². The van der Waals surface area contributed by atoms with Gasteiger partial charge in [0.2, 0.25) is 0 Å². The maximum atomic E-state index is 12.9. The fourth-order valence-corrected chi connectivity index (χ4v) is 3.30. The average Bonchev–Trinajstić information content (AvgIpc) is 2.68. The summed E-state index contributed by atoms with van der Waals surface area (Å²) >= 11 is 0. The maximum absolute atomic E-state index is 12.9. The van der Waals surface area contributed by atoms with Crippen LogP contribution in [-0.4, -0.2) is 20.1 Å². The van der Waals surface area contributed by atoms with E-state index in [-0.39, 0.29) is 5.91 Å². The zero-order valence-corrected chi connectivity index (χ0v) is 12.8. The standard InChI is InChI=1S/C18H19NO2/c1-12-9-13(2)11-14(10-12)18(21-4)15-7-5-6-8-16(15)19(3)17(18)20/h5-11H,1-4H3/t18-/m0/s1. The van der Waals surface area contributed by atoms with Crippen LogP contribution < -0.4 is 4.90 Å². The van der Waals surface area contributed by atoms with Gasteiger partial charge in [0.05, 0.1) is 5.69 Å². The third-order valence-corrected chi connectivity index (χ3v) is 4.18. The molecule has 3 nitrogen and oxygen atoms in total. The number of anilines is 1. The smallest absolute Gasteiger partial charge is 0.268 e. The highest BCUT2D eigenvalue weighted by Crippen LogP contribution is 2.46. The van der Waals surface area contributed by atoms with E-state index in [1.165, 1.54) is 0 Å². The Hall–Kier alpha value is -2.13. The topological polar surface area (TPSA) is 29.5 Å². The van der Waals surface area contributed by atoms with Crippen LogP contribution in [0.25, 0.3) is 0 Å². The van der Waals surface area contributed by atoms with Crippen molar-refractivity contribution in [1.29, 1.82) is 0 Å². The Morgan fingerprint density at radius 2 is 1.67 bits per heavy atom. The number of amides is 1. The van der Waals surface area contributed by atoms with E-state index < -0.39 is 5.60 Å². The van der Waals surface area contributed by atoms with E-state index >= 15 is 0 Å². The third-order valence-electron chi connectivity index (χ3n) is 4.18. The molecule has 0 fully saturated rings. The number of rotatable bonds is 2. The van der Waals surface area contributed by atoms with Gasteiger partial charge in [-0.25, -0.2) is 0 Å². The molecule has 0 aliphatic carbocycles. The predicted molar refractivity (Wildman–Crippen MR) is 83.6 cm³/mol. The van der Waals surface area contributed by atoms with Gasteiger partial charge in [-0.1, -0.05) is 47.5 Å². The normalized spacial score (nSPS) is 20.8. The molecule has 1 aliphatic rings. The summed E-state index contributed by atoms with van der Waals surface area (Å²) in [5.74, 6) is -0.0452. The summed E-state index contributed by atoms with van der Waals surface area (Å²) < 4.78 is 5.81. The van der Waals surface area contributed by atoms with Gasteiger partial charge in [-0.15, -0.1) is 0 Å². The number of carbonyl (C=O) groups is 1. The second-order valence-corrected chi connectivity index (χ2v) is 5.64. The summed E-state index contributed by atoms with van der Waals surface area (Å²) in [5, 5.41) is 0. The molecule has 0 N–H and O–H groups in total. The SMILES string of the molecule is CO[C@]1(c2cc(C)cc(C)c2)C(=O)N(C)c2ccccc21. The molecule has 0 saturated heterocycles. The summed E-state index contributed by atoms with van der Waals surface area (Å²) in [5.41, 5.74) is 3.92. The molecule has 1 atom stereocenters. The fraction of sp³-hybridized carbons (Fsp3) is 0.278. The molecule has 0 bridgehead atoms. The Morgan fingerprint density at radius 3 is 2.29 bits per heavy atom. The van der Waals surface area contributed by atoms with Gasteiger partial charge in [-0.05, 0) is 25.5 Å². The first-order valence-corrected chi connectivity index (χ1v) is 7.02. The van der Waals surface area contributed by atoms with Crippen LogP contribution in [0.5, 0.6) is 0 Å². The zero-order valence-electron chi connectivity index (χ0n) is 12.8. The van der Waals surface area contributed by atoms with Crippen molar-refractivity contribution in [2.24, 2.45) is 0 Å². The Bertz CT molecular complexity index is 703. The summed E-state index contributed by atoms with van der Waals surface area (Å²) in [4.78, 5) is 14.6. The third kappa shape index (κ3) is 1.81. The highest BCUT2D eigenvalue weighted by Gasteiger charge is 2.51. The lowest BCUT2D eigenvalue weighted by molar-refractivity contribution is -0.134. The van der Waals surface area contributed by atoms with E-state index in [2.05, 4.69) is 6.07 Å². The van der Waals surface area contributed by atoms with E-state index in [9.17, 15) is 4.79 Å². The van der Waals surface area contributed by atoms with E-state index in [1.807, 2.05) is 50.2 Å². The van der Waals surface area contributed by atoms with E-state index in [4.69, 9.17) is 4.74 Å². The maximum Gasteiger partial charge on any atom is 0.268 e. The van der Waals surface area contributed by atoms with Gasteiger partial charge in [-0.2, -0.15) is 0 Å². The summed E-state index contributed by atoms with van der Waals surface area (Å²) in [7, 11) is 3.40. The van der Waals surface area contributed by atoms with Gasteiger partial charge in [0.1, 0.15) is 0 Å². The number of aryl methyl sites for hydroxylation is 2. The van der Waals surface area contributed by atoms with Crippen LogP contribution in [0.1, 0.15) is 22.3 Å². The van der Waals surface area contributed by atoms with Gasteiger partial charge >= 0.3 is 0 Å². The largest absolute Gasteiger partial charge is 0.359 e. The fourth-order valence-electron chi connectivity index (χ4n) is 3.30. The van der Waals surface area contributed by atoms with Crippen molar-refractivity contribution in [3.8, 4) is 0 Å². The van der Waals surface area contributed by atoms with Crippen LogP contribution in [0.15, 0.2) is 42.5 Å². The number of fused-ring (bicyclic) bond motifs is 1. The molecule has 2 aromatic rings. The summed E-state index contributed by atoms with van der Waals surface area (Å²) in [6.45, 7) is 4.07. The number of nitrogens with zero attached hydrogens (tertiary/aromatic N) is 1. The minimum absolute atomic E-state index is 0.0452. The predicted octanol–water partition coefficient (Wildman–Crippen LogP) is 3.17. The number of hydrogen-bond acceptors (Lipinski definition) is 2. The molecule has 108 valence electrons. The van der Waals surface area contributed by atoms with Crippen molar-refractivity contribution in [3.05, 3.63) is 64.7 Å². The van der Waals surface area contributed by atoms with E-state index in [0.29, 0.717) is 0 Å². The lowest BCUT2D eigenvalue weighted by Crippen LogP contribution is -2.41. The van der Waals surface area contributed by atoms with Gasteiger partial charge < -0.3 is 9.64 Å². The number of carbonyl (C=O) groups excluding carboxylic acids is 1. The lowest BCUT2D eigenvalue weighted by Gasteiger charge is -2.28. The molecule has 1 heterocycles. The van der Waals surface area contributed by atoms with Crippen LogP contribution in [0, 0.1) is 13.8 Å². The molecular formula is C18H19NO2. The van der Waals surface area contributed by atoms with Crippen LogP contribution in [0.4, 0.5) is 5.69 Å². The molecular weight excluding hydrogens is 262 g/mol. The van der Waals surface area contributed by atoms with Crippen LogP contribution >= 0.6 is 0 Å². The lowest BCUT2D eigenvalue weighted by atomic mass is 9.85. The second kappa shape index (κ2) is 4.71. The molecule has 0 aromatic heterocycles. The van der Waals surface area contributed by atoms with Crippen LogP contribution in [-0.2, 0) is 15.1 Å². The van der Waals surface area contributed by atoms with Crippen LogP contribution in [0.3, 0.4) is 0 Å². The average molecular weight is 281 g/mol. The first kappa shape index (κ1) is 13.8. The first-order valence-electron chi connectivity index (χ1n) is 7.02. The number of hydrogen-bond donors (Lipinski definition) is 0. The van der Waals surface area contributed by atoms with Gasteiger partial charge in [0, 0.05) is 19.7 Å². The summed E-state index contributed by atoms with van der Waals surface area (Å²) in [6.07, 6.45) is 0. The molecule has 1 amide bonds. The molecule has 3 rings (SSSR count). The van der Waals surface area contributed by atoms with Crippen molar-refractivity contribution in [1.82, 2.24) is 0 Å². The molecule has 0 saturated carbocycles. The molecule has 0 unspecified atom stereocenters. The van der Waals surface area contributed by atoms with Crippen molar-refractivity contribution in [3.63, 3.8) is 0 Å². The minimum Gasteiger partial charge on any atom is -0.359 e. The van der Waals surface area contributed by atoms with Gasteiger partial charge in [-0.3, -0.25) is 4.79 Å². The monoisotopic (exact) mass is 281 g/mol. The molecule has 3 heteroatoms. The van der Waals surface area contributed by atoms with E-state index in [0.717, 1.165) is 27.9 Å². The quantitative estimate of drug-likeness (QED) is 0.846. The minimum atomic E-state index is -1.04. The highest BCUT2D eigenvalue weighted by molar-refractivity contribution is 6.09. The van der Waals surface area contributed by atoms with E-state index in [1.54, 1.807) is 19.1 Å². The van der Waals surface area contributed by atoms with Crippen molar-refractivity contribution < 1.29 is 9.53 Å². The zero-order chi connectivity index (χ0) is 15.2. The van der Waals surface area contributed by atoms with Crippen molar-refractivity contribution >= 4 is 11.6 Å².